The lowest BCUT2D eigenvalue weighted by Gasteiger charge is -2.19. The van der Waals surface area contributed by atoms with Crippen LogP contribution >= 0.6 is 24.0 Å². The number of para-hydroxylation sites is 2. The van der Waals surface area contributed by atoms with E-state index in [4.69, 9.17) is 26.6 Å². The minimum absolute atomic E-state index is 0.175. The number of rotatable bonds is 8. The molecule has 166 valence electrons. The number of fused-ring (bicyclic) bond motifs is 1. The van der Waals surface area contributed by atoms with Gasteiger partial charge in [-0.25, -0.2) is 0 Å². The molecule has 1 aromatic rings. The van der Waals surface area contributed by atoms with Crippen molar-refractivity contribution in [1.29, 1.82) is 0 Å². The third kappa shape index (κ3) is 5.64. The summed E-state index contributed by atoms with van der Waals surface area (Å²) in [5, 5.41) is 8.97. The second-order valence-corrected chi connectivity index (χ2v) is 10.1. The van der Waals surface area contributed by atoms with Crippen molar-refractivity contribution in [3.05, 3.63) is 46.7 Å². The maximum atomic E-state index is 12.5. The number of unbranched alkanes of at least 4 members (excludes halogenated alkanes) is 1. The van der Waals surface area contributed by atoms with Gasteiger partial charge in [-0.2, -0.15) is 8.42 Å². The summed E-state index contributed by atoms with van der Waals surface area (Å²) in [4.78, 5) is 26.7. The fourth-order valence-electron chi connectivity index (χ4n) is 3.13. The normalized spacial score (nSPS) is 19.1. The lowest BCUT2D eigenvalue weighted by atomic mass is 10.2. The fourth-order valence-corrected chi connectivity index (χ4v) is 5.00. The minimum atomic E-state index is -4.02. The number of hydrogen-bond donors (Lipinski definition) is 2. The largest absolute Gasteiger partial charge is 0.480 e. The number of aliphatic carboxylic acids is 1. The summed E-state index contributed by atoms with van der Waals surface area (Å²) in [6.45, 7) is 1.70. The van der Waals surface area contributed by atoms with Crippen LogP contribution in [0.3, 0.4) is 0 Å². The molecule has 1 fully saturated rings. The van der Waals surface area contributed by atoms with E-state index in [0.717, 1.165) is 22.3 Å². The third-order valence-electron chi connectivity index (χ3n) is 4.49. The summed E-state index contributed by atoms with van der Waals surface area (Å²) in [6, 6.07) is 7.34. The van der Waals surface area contributed by atoms with Gasteiger partial charge in [-0.3, -0.25) is 19.0 Å². The van der Waals surface area contributed by atoms with Gasteiger partial charge in [0.15, 0.2) is 5.75 Å². The van der Waals surface area contributed by atoms with Crippen LogP contribution in [0.4, 0.5) is 5.69 Å². The van der Waals surface area contributed by atoms with Crippen LogP contribution in [0.1, 0.15) is 19.8 Å². The monoisotopic (exact) mass is 484 g/mol. The van der Waals surface area contributed by atoms with Gasteiger partial charge in [0, 0.05) is 12.1 Å². The van der Waals surface area contributed by atoms with Crippen LogP contribution in [0.2, 0.25) is 0 Å². The highest BCUT2D eigenvalue weighted by atomic mass is 32.2. The van der Waals surface area contributed by atoms with Gasteiger partial charge in [0.25, 0.3) is 16.0 Å². The number of benzene rings is 1. The molecule has 0 saturated carbocycles. The van der Waals surface area contributed by atoms with Crippen molar-refractivity contribution in [3.8, 4) is 5.75 Å². The van der Waals surface area contributed by atoms with Crippen molar-refractivity contribution in [2.45, 2.75) is 19.8 Å². The Hall–Kier alpha value is -2.41. The summed E-state index contributed by atoms with van der Waals surface area (Å²) in [6.07, 6.45) is 2.36. The lowest BCUT2D eigenvalue weighted by Crippen LogP contribution is -2.33. The Morgan fingerprint density at radius 1 is 1.26 bits per heavy atom. The van der Waals surface area contributed by atoms with Crippen molar-refractivity contribution in [2.75, 3.05) is 23.7 Å². The van der Waals surface area contributed by atoms with Crippen molar-refractivity contribution >= 4 is 56.0 Å². The molecular weight excluding hydrogens is 464 g/mol. The van der Waals surface area contributed by atoms with Gasteiger partial charge in [-0.1, -0.05) is 36.1 Å². The van der Waals surface area contributed by atoms with Crippen LogP contribution in [0, 0.1) is 0 Å². The molecule has 2 N–H and O–H groups in total. The molecule has 3 rings (SSSR count). The Balaban J connectivity index is 1.84. The summed E-state index contributed by atoms with van der Waals surface area (Å²) < 4.78 is 37.0. The molecule has 0 spiro atoms. The molecule has 0 aliphatic carbocycles. The highest BCUT2D eigenvalue weighted by Gasteiger charge is 2.34. The van der Waals surface area contributed by atoms with Gasteiger partial charge in [0.2, 0.25) is 5.88 Å². The molecule has 0 bridgehead atoms. The predicted octanol–water partition coefficient (Wildman–Crippen LogP) is 2.61. The molecule has 2 heterocycles. The molecule has 0 aromatic heterocycles. The highest BCUT2D eigenvalue weighted by molar-refractivity contribution is 8.26. The molecule has 1 aromatic carbocycles. The Bertz CT molecular complexity index is 1100. The highest BCUT2D eigenvalue weighted by Crippen LogP contribution is 2.41. The van der Waals surface area contributed by atoms with Gasteiger partial charge >= 0.3 is 5.97 Å². The quantitative estimate of drug-likeness (QED) is 0.246. The number of hydrogen-bond acceptors (Lipinski definition) is 8. The molecule has 0 radical (unpaired) electrons. The molecule has 2 aliphatic rings. The molecule has 0 unspecified atom stereocenters. The summed E-state index contributed by atoms with van der Waals surface area (Å²) in [5.41, 5.74) is 1.43. The maximum absolute atomic E-state index is 12.5. The van der Waals surface area contributed by atoms with Crippen molar-refractivity contribution in [3.63, 3.8) is 0 Å². The zero-order valence-electron chi connectivity index (χ0n) is 16.5. The first-order valence-corrected chi connectivity index (χ1v) is 12.1. The topological polar surface area (TPSA) is 124 Å². The maximum Gasteiger partial charge on any atom is 0.323 e. The number of carbonyl (C=O) groups is 2. The SMILES string of the molecule is CC(/C=C1/SC(=S)N(CC(=O)O)C1=O)=C1/Oc2ccccc2N1CCCCS(=O)(=O)O. The average molecular weight is 485 g/mol. The average Bonchev–Trinajstić information content (AvgIpc) is 3.17. The van der Waals surface area contributed by atoms with Gasteiger partial charge in [0.1, 0.15) is 10.9 Å². The number of nitrogens with zero attached hydrogens (tertiary/aromatic N) is 2. The summed E-state index contributed by atoms with van der Waals surface area (Å²) in [7, 11) is -4.02. The van der Waals surface area contributed by atoms with Gasteiger partial charge in [-0.05, 0) is 38.0 Å². The van der Waals surface area contributed by atoms with E-state index in [1.807, 2.05) is 23.1 Å². The lowest BCUT2D eigenvalue weighted by molar-refractivity contribution is -0.140. The Morgan fingerprint density at radius 2 is 1.97 bits per heavy atom. The van der Waals surface area contributed by atoms with E-state index in [2.05, 4.69) is 0 Å². The van der Waals surface area contributed by atoms with E-state index < -0.39 is 28.5 Å². The number of amides is 1. The van der Waals surface area contributed by atoms with Crippen LogP contribution < -0.4 is 9.64 Å². The molecule has 9 nitrogen and oxygen atoms in total. The molecule has 1 saturated heterocycles. The van der Waals surface area contributed by atoms with E-state index in [1.165, 1.54) is 0 Å². The van der Waals surface area contributed by atoms with E-state index >= 15 is 0 Å². The Kier molecular flexibility index (Phi) is 7.04. The standard InChI is InChI=1S/C19H20N2O7S3/c1-12(10-15-17(24)21(11-16(22)23)19(29)30-15)18-20(8-4-5-9-31(25,26)27)13-6-2-3-7-14(13)28-18/h2-3,6-7,10H,4-5,8-9,11H2,1H3,(H,22,23)(H,25,26,27)/b15-10+,18-12-. The smallest absolute Gasteiger partial charge is 0.323 e. The van der Waals surface area contributed by atoms with Crippen LogP contribution in [0.25, 0.3) is 0 Å². The minimum Gasteiger partial charge on any atom is -0.480 e. The van der Waals surface area contributed by atoms with Gasteiger partial charge < -0.3 is 14.7 Å². The first kappa shape index (κ1) is 23.3. The number of carboxylic acids is 1. The second kappa shape index (κ2) is 9.39. The zero-order chi connectivity index (χ0) is 22.8. The number of allylic oxidation sites excluding steroid dienone is 2. The fraction of sp³-hybridized carbons (Fsp3) is 0.316. The first-order chi connectivity index (χ1) is 14.6. The number of anilines is 1. The van der Waals surface area contributed by atoms with E-state index in [-0.39, 0.29) is 16.5 Å². The van der Waals surface area contributed by atoms with E-state index in [9.17, 15) is 18.0 Å². The van der Waals surface area contributed by atoms with Crippen LogP contribution in [0.15, 0.2) is 46.7 Å². The number of thiocarbonyl (C=S) groups is 1. The Morgan fingerprint density at radius 3 is 2.65 bits per heavy atom. The molecule has 1 amide bonds. The first-order valence-electron chi connectivity index (χ1n) is 9.24. The van der Waals surface area contributed by atoms with Gasteiger partial charge in [0.05, 0.1) is 16.3 Å². The number of carboxylic acid groups (broad SMARTS) is 1. The van der Waals surface area contributed by atoms with Crippen molar-refractivity contribution in [2.24, 2.45) is 0 Å². The summed E-state index contributed by atoms with van der Waals surface area (Å²) in [5.74, 6) is -0.853. The van der Waals surface area contributed by atoms with E-state index in [0.29, 0.717) is 35.1 Å². The zero-order valence-corrected chi connectivity index (χ0v) is 18.9. The van der Waals surface area contributed by atoms with Gasteiger partial charge in [-0.15, -0.1) is 0 Å². The second-order valence-electron chi connectivity index (χ2n) is 6.86. The molecule has 12 heteroatoms. The van der Waals surface area contributed by atoms with Crippen molar-refractivity contribution in [1.82, 2.24) is 4.90 Å². The number of carbonyl (C=O) groups excluding carboxylic acids is 1. The van der Waals surface area contributed by atoms with Crippen molar-refractivity contribution < 1.29 is 32.4 Å². The third-order valence-corrected chi connectivity index (χ3v) is 6.68. The number of ether oxygens (including phenoxy) is 1. The van der Waals surface area contributed by atoms with Crippen LogP contribution in [0.5, 0.6) is 5.75 Å². The summed E-state index contributed by atoms with van der Waals surface area (Å²) >= 11 is 6.14. The molecular formula is C19H20N2O7S3. The Labute approximate surface area is 189 Å². The van der Waals surface area contributed by atoms with Crippen LogP contribution in [-0.4, -0.2) is 58.0 Å². The molecule has 0 atom stereocenters. The molecule has 31 heavy (non-hydrogen) atoms. The predicted molar refractivity (Wildman–Crippen MR) is 120 cm³/mol. The van der Waals surface area contributed by atoms with E-state index in [1.54, 1.807) is 19.1 Å². The van der Waals surface area contributed by atoms with Crippen LogP contribution in [-0.2, 0) is 19.7 Å². The number of thioether (sulfide) groups is 1. The molecule has 2 aliphatic heterocycles.